The van der Waals surface area contributed by atoms with E-state index in [1.807, 2.05) is 27.9 Å². The van der Waals surface area contributed by atoms with Gasteiger partial charge in [0.25, 0.3) is 5.91 Å². The molecule has 0 saturated heterocycles. The Kier molecular flexibility index (Phi) is 6.21. The highest BCUT2D eigenvalue weighted by molar-refractivity contribution is 5.93. The van der Waals surface area contributed by atoms with Crippen LogP contribution in [0.25, 0.3) is 0 Å². The average molecular weight is 265 g/mol. The van der Waals surface area contributed by atoms with Gasteiger partial charge in [0.15, 0.2) is 0 Å². The maximum Gasteiger partial charge on any atom is 0.256 e. The van der Waals surface area contributed by atoms with E-state index < -0.39 is 0 Å². The van der Waals surface area contributed by atoms with E-state index in [9.17, 15) is 4.79 Å². The average Bonchev–Trinajstić information content (AvgIpc) is 2.40. The molecule has 1 aromatic heterocycles. The molecule has 0 bridgehead atoms. The van der Waals surface area contributed by atoms with Crippen LogP contribution in [0.3, 0.4) is 0 Å². The second-order valence-corrected chi connectivity index (χ2v) is 4.50. The Morgan fingerprint density at radius 2 is 1.79 bits per heavy atom. The summed E-state index contributed by atoms with van der Waals surface area (Å²) in [5.74, 6) is 0.530. The van der Waals surface area contributed by atoms with E-state index in [1.165, 1.54) is 0 Å². The standard InChI is InChI=1S/C13H23N5O/c1-5-18(6-2)12(19)11-9-15-13(16-10-11)14-7-8-17(3)4/h9-10H,5-8H2,1-4H3,(H,14,15,16). The van der Waals surface area contributed by atoms with Crippen LogP contribution in [0.2, 0.25) is 0 Å². The van der Waals surface area contributed by atoms with Crippen molar-refractivity contribution >= 4 is 11.9 Å². The van der Waals surface area contributed by atoms with Gasteiger partial charge >= 0.3 is 0 Å². The van der Waals surface area contributed by atoms with Gasteiger partial charge in [0.2, 0.25) is 5.95 Å². The maximum absolute atomic E-state index is 12.0. The lowest BCUT2D eigenvalue weighted by Gasteiger charge is -2.18. The summed E-state index contributed by atoms with van der Waals surface area (Å²) in [5, 5.41) is 3.11. The summed E-state index contributed by atoms with van der Waals surface area (Å²) in [6, 6.07) is 0. The summed E-state index contributed by atoms with van der Waals surface area (Å²) in [4.78, 5) is 24.2. The summed E-state index contributed by atoms with van der Waals surface area (Å²) in [6.07, 6.45) is 3.15. The predicted octanol–water partition coefficient (Wildman–Crippen LogP) is 0.932. The first-order chi connectivity index (χ1) is 9.08. The molecule has 0 aliphatic carbocycles. The van der Waals surface area contributed by atoms with Crippen molar-refractivity contribution in [2.75, 3.05) is 45.6 Å². The minimum absolute atomic E-state index is 0.0233. The number of nitrogens with one attached hydrogen (secondary N) is 1. The number of aromatic nitrogens is 2. The number of amides is 1. The van der Waals surface area contributed by atoms with Crippen molar-refractivity contribution in [1.29, 1.82) is 0 Å². The minimum atomic E-state index is -0.0233. The lowest BCUT2D eigenvalue weighted by atomic mass is 10.3. The third-order valence-corrected chi connectivity index (χ3v) is 2.79. The van der Waals surface area contributed by atoms with Crippen LogP contribution in [-0.2, 0) is 0 Å². The van der Waals surface area contributed by atoms with Crippen molar-refractivity contribution < 1.29 is 4.79 Å². The lowest BCUT2D eigenvalue weighted by Crippen LogP contribution is -2.30. The summed E-state index contributed by atoms with van der Waals surface area (Å²) < 4.78 is 0. The Bertz CT molecular complexity index is 387. The number of likely N-dealkylation sites (N-methyl/N-ethyl adjacent to an activating group) is 1. The zero-order valence-corrected chi connectivity index (χ0v) is 12.2. The highest BCUT2D eigenvalue weighted by Gasteiger charge is 2.13. The molecule has 6 heteroatoms. The molecule has 106 valence electrons. The number of nitrogens with zero attached hydrogens (tertiary/aromatic N) is 4. The smallest absolute Gasteiger partial charge is 0.256 e. The number of carbonyl (C=O) groups excluding carboxylic acids is 1. The van der Waals surface area contributed by atoms with Gasteiger partial charge in [-0.05, 0) is 27.9 Å². The molecular formula is C13H23N5O. The molecule has 1 rings (SSSR count). The Balaban J connectivity index is 2.58. The molecule has 0 aromatic carbocycles. The molecule has 0 atom stereocenters. The van der Waals surface area contributed by atoms with Gasteiger partial charge in [0.05, 0.1) is 5.56 Å². The Labute approximate surface area is 114 Å². The molecule has 1 heterocycles. The third-order valence-electron chi connectivity index (χ3n) is 2.79. The van der Waals surface area contributed by atoms with Crippen molar-refractivity contribution in [2.45, 2.75) is 13.8 Å². The normalized spacial score (nSPS) is 10.6. The van der Waals surface area contributed by atoms with E-state index in [-0.39, 0.29) is 5.91 Å². The molecular weight excluding hydrogens is 242 g/mol. The van der Waals surface area contributed by atoms with Crippen molar-refractivity contribution in [2.24, 2.45) is 0 Å². The van der Waals surface area contributed by atoms with E-state index in [4.69, 9.17) is 0 Å². The van der Waals surface area contributed by atoms with E-state index in [1.54, 1.807) is 17.3 Å². The molecule has 1 amide bonds. The van der Waals surface area contributed by atoms with Crippen molar-refractivity contribution in [3.05, 3.63) is 18.0 Å². The number of hydrogen-bond donors (Lipinski definition) is 1. The monoisotopic (exact) mass is 265 g/mol. The van der Waals surface area contributed by atoms with Gasteiger partial charge in [0.1, 0.15) is 0 Å². The highest BCUT2D eigenvalue weighted by atomic mass is 16.2. The summed E-state index contributed by atoms with van der Waals surface area (Å²) >= 11 is 0. The zero-order chi connectivity index (χ0) is 14.3. The van der Waals surface area contributed by atoms with Crippen LogP contribution < -0.4 is 5.32 Å². The molecule has 0 saturated carbocycles. The van der Waals surface area contributed by atoms with Crippen molar-refractivity contribution in [3.63, 3.8) is 0 Å². The molecule has 0 aliphatic rings. The first-order valence-corrected chi connectivity index (χ1v) is 6.58. The molecule has 0 radical (unpaired) electrons. The number of anilines is 1. The molecule has 0 aliphatic heterocycles. The fourth-order valence-electron chi connectivity index (χ4n) is 1.61. The number of carbonyl (C=O) groups is 1. The van der Waals surface area contributed by atoms with Crippen LogP contribution >= 0.6 is 0 Å². The van der Waals surface area contributed by atoms with Crippen LogP contribution in [0.4, 0.5) is 5.95 Å². The van der Waals surface area contributed by atoms with Gasteiger partial charge in [-0.2, -0.15) is 0 Å². The van der Waals surface area contributed by atoms with Crippen molar-refractivity contribution in [1.82, 2.24) is 19.8 Å². The first-order valence-electron chi connectivity index (χ1n) is 6.58. The molecule has 19 heavy (non-hydrogen) atoms. The highest BCUT2D eigenvalue weighted by Crippen LogP contribution is 2.04. The van der Waals surface area contributed by atoms with Crippen LogP contribution in [0.15, 0.2) is 12.4 Å². The van der Waals surface area contributed by atoms with Gasteiger partial charge in [-0.15, -0.1) is 0 Å². The Hall–Kier alpha value is -1.69. The van der Waals surface area contributed by atoms with E-state index in [0.717, 1.165) is 13.1 Å². The summed E-state index contributed by atoms with van der Waals surface area (Å²) in [5.41, 5.74) is 0.529. The fraction of sp³-hybridized carbons (Fsp3) is 0.615. The van der Waals surface area contributed by atoms with E-state index in [2.05, 4.69) is 20.2 Å². The Morgan fingerprint density at radius 1 is 1.21 bits per heavy atom. The molecule has 6 nitrogen and oxygen atoms in total. The lowest BCUT2D eigenvalue weighted by molar-refractivity contribution is 0.0772. The van der Waals surface area contributed by atoms with Gasteiger partial charge in [-0.1, -0.05) is 0 Å². The van der Waals surface area contributed by atoms with Crippen LogP contribution in [0, 0.1) is 0 Å². The zero-order valence-electron chi connectivity index (χ0n) is 12.2. The number of rotatable bonds is 7. The van der Waals surface area contributed by atoms with Gasteiger partial charge in [0, 0.05) is 38.6 Å². The van der Waals surface area contributed by atoms with Crippen LogP contribution in [0.1, 0.15) is 24.2 Å². The molecule has 0 fully saturated rings. The SMILES string of the molecule is CCN(CC)C(=O)c1cnc(NCCN(C)C)nc1. The fourth-order valence-corrected chi connectivity index (χ4v) is 1.61. The van der Waals surface area contributed by atoms with Gasteiger partial charge in [-0.25, -0.2) is 9.97 Å². The summed E-state index contributed by atoms with van der Waals surface area (Å²) in [7, 11) is 4.02. The van der Waals surface area contributed by atoms with Gasteiger partial charge < -0.3 is 15.1 Å². The van der Waals surface area contributed by atoms with E-state index >= 15 is 0 Å². The van der Waals surface area contributed by atoms with Crippen LogP contribution in [-0.4, -0.2) is 65.9 Å². The maximum atomic E-state index is 12.0. The number of hydrogen-bond acceptors (Lipinski definition) is 5. The minimum Gasteiger partial charge on any atom is -0.353 e. The molecule has 1 N–H and O–H groups in total. The molecule has 1 aromatic rings. The Morgan fingerprint density at radius 3 is 2.26 bits per heavy atom. The quantitative estimate of drug-likeness (QED) is 0.795. The third kappa shape index (κ3) is 4.82. The molecule has 0 spiro atoms. The van der Waals surface area contributed by atoms with Crippen molar-refractivity contribution in [3.8, 4) is 0 Å². The second-order valence-electron chi connectivity index (χ2n) is 4.50. The predicted molar refractivity (Wildman–Crippen MR) is 76.3 cm³/mol. The summed E-state index contributed by atoms with van der Waals surface area (Å²) in [6.45, 7) is 6.98. The first kappa shape index (κ1) is 15.4. The van der Waals surface area contributed by atoms with Crippen LogP contribution in [0.5, 0.6) is 0 Å². The van der Waals surface area contributed by atoms with E-state index in [0.29, 0.717) is 24.6 Å². The molecule has 0 unspecified atom stereocenters. The van der Waals surface area contributed by atoms with Gasteiger partial charge in [-0.3, -0.25) is 4.79 Å². The topological polar surface area (TPSA) is 61.4 Å². The second kappa shape index (κ2) is 7.68. The largest absolute Gasteiger partial charge is 0.353 e.